The van der Waals surface area contributed by atoms with Crippen LogP contribution < -0.4 is 5.32 Å². The Hall–Kier alpha value is -0.920. The molecule has 0 radical (unpaired) electrons. The average Bonchev–Trinajstić information content (AvgIpc) is 2.53. The highest BCUT2D eigenvalue weighted by Gasteiger charge is 2.52. The minimum atomic E-state index is -4.31. The van der Waals surface area contributed by atoms with Crippen molar-refractivity contribution in [2.45, 2.75) is 43.2 Å². The number of hydrogen-bond donors (Lipinski definition) is 1. The summed E-state index contributed by atoms with van der Waals surface area (Å²) in [4.78, 5) is 24.9. The third-order valence-electron chi connectivity index (χ3n) is 3.67. The van der Waals surface area contributed by atoms with Gasteiger partial charge in [-0.3, -0.25) is 10.1 Å². The molecule has 0 unspecified atom stereocenters. The molecule has 1 spiro atoms. The van der Waals surface area contributed by atoms with E-state index in [2.05, 4.69) is 5.32 Å². The standard InChI is InChI=1S/C11H15F3N2O2S/c12-11(13,14)19-7-6-16-9(18)15-8(17)10(16)4-2-1-3-5-10/h1-7H2,(H,15,17,18). The van der Waals surface area contributed by atoms with Crippen molar-refractivity contribution in [2.24, 2.45) is 0 Å². The third-order valence-corrected chi connectivity index (χ3v) is 4.38. The minimum Gasteiger partial charge on any atom is -0.309 e. The fourth-order valence-corrected chi connectivity index (χ4v) is 3.31. The van der Waals surface area contributed by atoms with Crippen molar-refractivity contribution in [2.75, 3.05) is 12.3 Å². The van der Waals surface area contributed by atoms with Crippen molar-refractivity contribution >= 4 is 23.7 Å². The molecular weight excluding hydrogens is 281 g/mol. The van der Waals surface area contributed by atoms with Crippen LogP contribution in [0.1, 0.15) is 32.1 Å². The molecule has 1 aliphatic carbocycles. The van der Waals surface area contributed by atoms with Crippen LogP contribution in [-0.2, 0) is 4.79 Å². The molecule has 0 bridgehead atoms. The number of nitrogens with one attached hydrogen (secondary N) is 1. The Labute approximate surface area is 113 Å². The molecule has 1 saturated heterocycles. The fourth-order valence-electron chi connectivity index (χ4n) is 2.80. The SMILES string of the molecule is O=C1NC(=O)C2(CCCCC2)N1CCSC(F)(F)F. The fraction of sp³-hybridized carbons (Fsp3) is 0.818. The van der Waals surface area contributed by atoms with Gasteiger partial charge in [0.05, 0.1) is 0 Å². The van der Waals surface area contributed by atoms with Gasteiger partial charge in [-0.1, -0.05) is 19.3 Å². The van der Waals surface area contributed by atoms with E-state index >= 15 is 0 Å². The normalized spacial score (nSPS) is 23.0. The first-order valence-electron chi connectivity index (χ1n) is 6.19. The molecule has 0 aromatic heterocycles. The summed E-state index contributed by atoms with van der Waals surface area (Å²) in [6.45, 7) is -0.0538. The van der Waals surface area contributed by atoms with Gasteiger partial charge in [-0.25, -0.2) is 4.79 Å². The van der Waals surface area contributed by atoms with E-state index in [1.54, 1.807) is 0 Å². The Morgan fingerprint density at radius 3 is 2.42 bits per heavy atom. The van der Waals surface area contributed by atoms with Gasteiger partial charge < -0.3 is 4.90 Å². The van der Waals surface area contributed by atoms with Crippen LogP contribution in [0.25, 0.3) is 0 Å². The van der Waals surface area contributed by atoms with Crippen LogP contribution in [-0.4, -0.2) is 40.2 Å². The Morgan fingerprint density at radius 1 is 1.21 bits per heavy atom. The zero-order valence-corrected chi connectivity index (χ0v) is 11.1. The molecule has 1 saturated carbocycles. The Balaban J connectivity index is 2.03. The van der Waals surface area contributed by atoms with E-state index in [4.69, 9.17) is 0 Å². The first-order chi connectivity index (χ1) is 8.85. The van der Waals surface area contributed by atoms with Gasteiger partial charge in [-0.05, 0) is 24.6 Å². The van der Waals surface area contributed by atoms with Crippen LogP contribution in [0, 0.1) is 0 Å². The van der Waals surface area contributed by atoms with Crippen LogP contribution in [0.4, 0.5) is 18.0 Å². The number of carbonyl (C=O) groups excluding carboxylic acids is 2. The molecule has 108 valence electrons. The lowest BCUT2D eigenvalue weighted by molar-refractivity contribution is -0.128. The zero-order valence-electron chi connectivity index (χ0n) is 10.3. The Morgan fingerprint density at radius 2 is 1.84 bits per heavy atom. The summed E-state index contributed by atoms with van der Waals surface area (Å²) >= 11 is -0.162. The van der Waals surface area contributed by atoms with E-state index in [9.17, 15) is 22.8 Å². The Bertz CT molecular complexity index is 381. The number of halogens is 3. The van der Waals surface area contributed by atoms with E-state index in [0.717, 1.165) is 19.3 Å². The van der Waals surface area contributed by atoms with E-state index in [-0.39, 0.29) is 30.0 Å². The molecule has 4 nitrogen and oxygen atoms in total. The van der Waals surface area contributed by atoms with Gasteiger partial charge in [0, 0.05) is 12.3 Å². The summed E-state index contributed by atoms with van der Waals surface area (Å²) in [6, 6.07) is -0.560. The smallest absolute Gasteiger partial charge is 0.309 e. The molecule has 0 aromatic carbocycles. The lowest BCUT2D eigenvalue weighted by Crippen LogP contribution is -2.51. The molecule has 0 atom stereocenters. The van der Waals surface area contributed by atoms with E-state index < -0.39 is 17.1 Å². The number of thioether (sulfide) groups is 1. The highest BCUT2D eigenvalue weighted by atomic mass is 32.2. The molecule has 1 aliphatic heterocycles. The van der Waals surface area contributed by atoms with Gasteiger partial charge in [0.25, 0.3) is 5.91 Å². The molecular formula is C11H15F3N2O2S. The number of imide groups is 1. The van der Waals surface area contributed by atoms with E-state index in [1.807, 2.05) is 0 Å². The number of alkyl halides is 3. The molecule has 2 fully saturated rings. The van der Waals surface area contributed by atoms with Crippen LogP contribution in [0.3, 0.4) is 0 Å². The topological polar surface area (TPSA) is 49.4 Å². The summed E-state index contributed by atoms with van der Waals surface area (Å²) in [6.07, 6.45) is 3.73. The van der Waals surface area contributed by atoms with Gasteiger partial charge >= 0.3 is 11.5 Å². The predicted octanol–water partition coefficient (Wildman–Crippen LogP) is 2.49. The molecule has 8 heteroatoms. The quantitative estimate of drug-likeness (QED) is 0.814. The summed E-state index contributed by atoms with van der Waals surface area (Å²) in [5.41, 5.74) is -5.21. The zero-order chi connectivity index (χ0) is 14.1. The number of nitrogens with zero attached hydrogens (tertiary/aromatic N) is 1. The largest absolute Gasteiger partial charge is 0.441 e. The first kappa shape index (κ1) is 14.5. The highest BCUT2D eigenvalue weighted by molar-refractivity contribution is 8.00. The van der Waals surface area contributed by atoms with E-state index in [0.29, 0.717) is 12.8 Å². The number of rotatable bonds is 3. The van der Waals surface area contributed by atoms with Crippen molar-refractivity contribution in [3.05, 3.63) is 0 Å². The van der Waals surface area contributed by atoms with Crippen molar-refractivity contribution in [1.82, 2.24) is 10.2 Å². The number of amides is 3. The molecule has 19 heavy (non-hydrogen) atoms. The van der Waals surface area contributed by atoms with Gasteiger partial charge in [0.15, 0.2) is 0 Å². The average molecular weight is 296 g/mol. The minimum absolute atomic E-state index is 0.0538. The first-order valence-corrected chi connectivity index (χ1v) is 7.17. The maximum Gasteiger partial charge on any atom is 0.441 e. The second-order valence-electron chi connectivity index (χ2n) is 4.80. The molecule has 0 aromatic rings. The predicted molar refractivity (Wildman–Crippen MR) is 64.6 cm³/mol. The van der Waals surface area contributed by atoms with Crippen LogP contribution >= 0.6 is 11.8 Å². The van der Waals surface area contributed by atoms with Gasteiger partial charge in [-0.2, -0.15) is 13.2 Å². The number of urea groups is 1. The second-order valence-corrected chi connectivity index (χ2v) is 5.96. The molecule has 1 N–H and O–H groups in total. The van der Waals surface area contributed by atoms with Crippen LogP contribution in [0.15, 0.2) is 0 Å². The van der Waals surface area contributed by atoms with Crippen LogP contribution in [0.2, 0.25) is 0 Å². The van der Waals surface area contributed by atoms with Crippen molar-refractivity contribution in [3.63, 3.8) is 0 Å². The number of carbonyl (C=O) groups is 2. The van der Waals surface area contributed by atoms with Crippen molar-refractivity contribution in [1.29, 1.82) is 0 Å². The van der Waals surface area contributed by atoms with Crippen molar-refractivity contribution < 1.29 is 22.8 Å². The summed E-state index contributed by atoms with van der Waals surface area (Å²) in [5, 5.41) is 2.23. The molecule has 3 amide bonds. The number of hydrogen-bond acceptors (Lipinski definition) is 3. The highest BCUT2D eigenvalue weighted by Crippen LogP contribution is 2.38. The lowest BCUT2D eigenvalue weighted by Gasteiger charge is -2.38. The van der Waals surface area contributed by atoms with E-state index in [1.165, 1.54) is 4.90 Å². The van der Waals surface area contributed by atoms with Gasteiger partial charge in [0.1, 0.15) is 5.54 Å². The maximum absolute atomic E-state index is 12.1. The lowest BCUT2D eigenvalue weighted by atomic mass is 9.80. The summed E-state index contributed by atoms with van der Waals surface area (Å²) in [5.74, 6) is -0.597. The monoisotopic (exact) mass is 296 g/mol. The van der Waals surface area contributed by atoms with Gasteiger partial charge in [0.2, 0.25) is 0 Å². The summed E-state index contributed by atoms with van der Waals surface area (Å²) in [7, 11) is 0. The Kier molecular flexibility index (Phi) is 3.98. The third kappa shape index (κ3) is 2.98. The van der Waals surface area contributed by atoms with Crippen LogP contribution in [0.5, 0.6) is 0 Å². The maximum atomic E-state index is 12.1. The van der Waals surface area contributed by atoms with Gasteiger partial charge in [-0.15, -0.1) is 0 Å². The molecule has 1 heterocycles. The molecule has 2 rings (SSSR count). The van der Waals surface area contributed by atoms with Crippen molar-refractivity contribution in [3.8, 4) is 0 Å². The molecule has 2 aliphatic rings. The second kappa shape index (κ2) is 5.22. The summed E-state index contributed by atoms with van der Waals surface area (Å²) < 4.78 is 36.3.